The van der Waals surface area contributed by atoms with Gasteiger partial charge in [0.15, 0.2) is 0 Å². The molecule has 0 aliphatic rings. The number of hydrogen-bond donors (Lipinski definition) is 1. The van der Waals surface area contributed by atoms with Gasteiger partial charge in [-0.2, -0.15) is 0 Å². The van der Waals surface area contributed by atoms with Crippen molar-refractivity contribution in [3.05, 3.63) is 22.5 Å². The maximum Gasteiger partial charge on any atom is 0.340 e. The molecule has 1 aromatic carbocycles. The number of H-pyrrole nitrogens is 1. The number of oxazole rings is 1. The summed E-state index contributed by atoms with van der Waals surface area (Å²) in [6.07, 6.45) is 0. The highest BCUT2D eigenvalue weighted by Gasteiger charge is 2.14. The van der Waals surface area contributed by atoms with Crippen molar-refractivity contribution in [1.82, 2.24) is 4.98 Å². The maximum atomic E-state index is 11.6. The fourth-order valence-electron chi connectivity index (χ4n) is 1.43. The molecule has 16 heavy (non-hydrogen) atoms. The maximum absolute atomic E-state index is 11.6. The Morgan fingerprint density at radius 2 is 2.38 bits per heavy atom. The summed E-state index contributed by atoms with van der Waals surface area (Å²) in [4.78, 5) is 14.6. The zero-order valence-corrected chi connectivity index (χ0v) is 9.39. The molecule has 1 heterocycles. The molecule has 0 spiro atoms. The lowest BCUT2D eigenvalue weighted by Gasteiger charge is -2.03. The van der Waals surface area contributed by atoms with Gasteiger partial charge in [-0.3, -0.25) is 0 Å². The minimum absolute atomic E-state index is 0.179. The number of rotatable bonds is 2. The number of aromatic amines is 1. The molecule has 0 amide bonds. The zero-order chi connectivity index (χ0) is 11.7. The minimum Gasteiger partial charge on any atom is -0.462 e. The van der Waals surface area contributed by atoms with Crippen LogP contribution in [0.25, 0.3) is 11.1 Å². The molecule has 2 rings (SSSR count). The topological polar surface area (TPSA) is 55.2 Å². The van der Waals surface area contributed by atoms with Crippen LogP contribution in [-0.2, 0) is 4.74 Å². The predicted molar refractivity (Wildman–Crippen MR) is 62.7 cm³/mol. The summed E-state index contributed by atoms with van der Waals surface area (Å²) in [6.45, 7) is 2.05. The van der Waals surface area contributed by atoms with Crippen LogP contribution in [0.5, 0.6) is 0 Å². The molecule has 0 saturated heterocycles. The van der Waals surface area contributed by atoms with Gasteiger partial charge < -0.3 is 14.1 Å². The summed E-state index contributed by atoms with van der Waals surface area (Å²) in [7, 11) is 5.70. The fraction of sp³-hybridized carbons (Fsp3) is 0.200. The second-order valence-corrected chi connectivity index (χ2v) is 3.51. The quantitative estimate of drug-likeness (QED) is 0.484. The molecule has 0 aliphatic carbocycles. The van der Waals surface area contributed by atoms with Crippen LogP contribution in [0.4, 0.5) is 0 Å². The van der Waals surface area contributed by atoms with Crippen LogP contribution in [0.15, 0.2) is 16.5 Å². The van der Waals surface area contributed by atoms with E-state index in [4.69, 9.17) is 29.2 Å². The summed E-state index contributed by atoms with van der Waals surface area (Å²) in [5.41, 5.74) is 1.65. The largest absolute Gasteiger partial charge is 0.462 e. The molecule has 0 unspecified atom stereocenters. The lowest BCUT2D eigenvalue weighted by atomic mass is 9.94. The van der Waals surface area contributed by atoms with E-state index in [1.54, 1.807) is 19.1 Å². The average Bonchev–Trinajstić information content (AvgIpc) is 2.61. The molecule has 0 atom stereocenters. The van der Waals surface area contributed by atoms with Gasteiger partial charge in [-0.05, 0) is 25.2 Å². The van der Waals surface area contributed by atoms with Gasteiger partial charge in [-0.25, -0.2) is 4.79 Å². The molecule has 1 aromatic heterocycles. The van der Waals surface area contributed by atoms with Crippen LogP contribution in [0.3, 0.4) is 0 Å². The Kier molecular flexibility index (Phi) is 2.83. The van der Waals surface area contributed by atoms with Crippen LogP contribution in [0, 0.1) is 4.84 Å². The van der Waals surface area contributed by atoms with Gasteiger partial charge in [0.05, 0.1) is 17.7 Å². The molecule has 0 fully saturated rings. The second-order valence-electron chi connectivity index (χ2n) is 3.14. The van der Waals surface area contributed by atoms with Crippen molar-refractivity contribution in [2.24, 2.45) is 0 Å². The van der Waals surface area contributed by atoms with Crippen molar-refractivity contribution in [2.45, 2.75) is 6.92 Å². The molecule has 0 aliphatic heterocycles. The highest BCUT2D eigenvalue weighted by Crippen LogP contribution is 2.16. The third-order valence-corrected chi connectivity index (χ3v) is 2.29. The first-order chi connectivity index (χ1) is 7.63. The predicted octanol–water partition coefficient (Wildman–Crippen LogP) is 1.46. The first-order valence-electron chi connectivity index (χ1n) is 4.72. The van der Waals surface area contributed by atoms with E-state index in [-0.39, 0.29) is 4.84 Å². The van der Waals surface area contributed by atoms with Crippen molar-refractivity contribution in [1.29, 1.82) is 0 Å². The Balaban J connectivity index is 2.67. The lowest BCUT2D eigenvalue weighted by molar-refractivity contribution is 0.0528. The number of aromatic nitrogens is 1. The highest BCUT2D eigenvalue weighted by molar-refractivity contribution is 7.71. The molecule has 2 radical (unpaired) electrons. The summed E-state index contributed by atoms with van der Waals surface area (Å²) in [6, 6.07) is 3.16. The summed E-state index contributed by atoms with van der Waals surface area (Å²) < 4.78 is 10.1. The fourth-order valence-corrected chi connectivity index (χ4v) is 1.62. The molecule has 0 saturated carbocycles. The SMILES string of the molecule is [B]c1ccc(C(=O)OCC)c2[nH]c(=S)oc12. The Morgan fingerprint density at radius 1 is 1.62 bits per heavy atom. The molecular weight excluding hydrogens is 225 g/mol. The first-order valence-corrected chi connectivity index (χ1v) is 5.12. The lowest BCUT2D eigenvalue weighted by Crippen LogP contribution is -2.09. The molecule has 6 heteroatoms. The number of benzene rings is 1. The molecule has 4 nitrogen and oxygen atoms in total. The van der Waals surface area contributed by atoms with Crippen molar-refractivity contribution >= 4 is 42.6 Å². The van der Waals surface area contributed by atoms with Crippen molar-refractivity contribution in [3.8, 4) is 0 Å². The van der Waals surface area contributed by atoms with E-state index in [0.717, 1.165) is 0 Å². The number of carbonyl (C=O) groups excluding carboxylic acids is 1. The zero-order valence-electron chi connectivity index (χ0n) is 8.57. The number of esters is 1. The standard InChI is InChI=1S/C10H8BNO3S/c1-2-14-9(13)5-3-4-6(11)8-7(5)12-10(16)15-8/h3-4H,2H2,1H3,(H,12,16). The van der Waals surface area contributed by atoms with Crippen LogP contribution >= 0.6 is 12.2 Å². The van der Waals surface area contributed by atoms with Crippen LogP contribution in [0.2, 0.25) is 0 Å². The molecule has 1 N–H and O–H groups in total. The molecule has 0 bridgehead atoms. The summed E-state index contributed by atoms with van der Waals surface area (Å²) in [5, 5.41) is 0. The van der Waals surface area contributed by atoms with Gasteiger partial charge in [-0.15, -0.1) is 0 Å². The average molecular weight is 233 g/mol. The van der Waals surface area contributed by atoms with Gasteiger partial charge in [0.1, 0.15) is 13.4 Å². The Labute approximate surface area is 98.0 Å². The number of hydrogen-bond acceptors (Lipinski definition) is 4. The van der Waals surface area contributed by atoms with E-state index in [1.165, 1.54) is 0 Å². The first kappa shape index (κ1) is 10.9. The minimum atomic E-state index is -0.431. The number of nitrogens with one attached hydrogen (secondary N) is 1. The Bertz CT molecular complexity index is 602. The Hall–Kier alpha value is -1.56. The number of carbonyl (C=O) groups is 1. The molecule has 2 aromatic rings. The van der Waals surface area contributed by atoms with E-state index in [0.29, 0.717) is 28.7 Å². The second kappa shape index (κ2) is 4.13. The van der Waals surface area contributed by atoms with Gasteiger partial charge in [0.25, 0.3) is 4.84 Å². The highest BCUT2D eigenvalue weighted by atomic mass is 32.1. The van der Waals surface area contributed by atoms with Crippen LogP contribution in [-0.4, -0.2) is 25.4 Å². The van der Waals surface area contributed by atoms with Crippen molar-refractivity contribution in [2.75, 3.05) is 6.61 Å². The van der Waals surface area contributed by atoms with Crippen LogP contribution < -0.4 is 5.46 Å². The molecular formula is C10H8BNO3S. The summed E-state index contributed by atoms with van der Waals surface area (Å²) >= 11 is 4.85. The van der Waals surface area contributed by atoms with Gasteiger partial charge in [0.2, 0.25) is 0 Å². The summed E-state index contributed by atoms with van der Waals surface area (Å²) in [5.74, 6) is -0.431. The van der Waals surface area contributed by atoms with Gasteiger partial charge >= 0.3 is 5.97 Å². The van der Waals surface area contributed by atoms with Crippen molar-refractivity contribution < 1.29 is 13.9 Å². The van der Waals surface area contributed by atoms with Gasteiger partial charge in [-0.1, -0.05) is 11.5 Å². The smallest absolute Gasteiger partial charge is 0.340 e. The number of fused-ring (bicyclic) bond motifs is 1. The Morgan fingerprint density at radius 3 is 3.06 bits per heavy atom. The third-order valence-electron chi connectivity index (χ3n) is 2.11. The molecule has 80 valence electrons. The van der Waals surface area contributed by atoms with E-state index in [1.807, 2.05) is 0 Å². The van der Waals surface area contributed by atoms with E-state index in [2.05, 4.69) is 4.98 Å². The monoisotopic (exact) mass is 233 g/mol. The normalized spacial score (nSPS) is 10.6. The third kappa shape index (κ3) is 1.76. The van der Waals surface area contributed by atoms with Crippen molar-refractivity contribution in [3.63, 3.8) is 0 Å². The van der Waals surface area contributed by atoms with Gasteiger partial charge in [0, 0.05) is 0 Å². The van der Waals surface area contributed by atoms with E-state index in [9.17, 15) is 4.79 Å². The van der Waals surface area contributed by atoms with E-state index >= 15 is 0 Å². The van der Waals surface area contributed by atoms with E-state index < -0.39 is 5.97 Å². The number of ether oxygens (including phenoxy) is 1. The van der Waals surface area contributed by atoms with Crippen LogP contribution in [0.1, 0.15) is 17.3 Å².